The summed E-state index contributed by atoms with van der Waals surface area (Å²) in [5.41, 5.74) is 0.178. The van der Waals surface area contributed by atoms with E-state index in [-0.39, 0.29) is 5.54 Å². The van der Waals surface area contributed by atoms with Crippen molar-refractivity contribution in [3.63, 3.8) is 0 Å². The molecule has 0 aromatic rings. The Morgan fingerprint density at radius 1 is 1.50 bits per heavy atom. The van der Waals surface area contributed by atoms with E-state index in [9.17, 15) is 0 Å². The first kappa shape index (κ1) is 7.73. The molecule has 0 atom stereocenters. The molecule has 0 amide bonds. The van der Waals surface area contributed by atoms with Crippen LogP contribution in [0.15, 0.2) is 23.2 Å². The van der Waals surface area contributed by atoms with Crippen molar-refractivity contribution >= 4 is 11.8 Å². The van der Waals surface area contributed by atoms with Crippen molar-refractivity contribution in [1.82, 2.24) is 4.90 Å². The zero-order valence-corrected chi connectivity index (χ0v) is 7.53. The molecule has 0 aromatic carbocycles. The average molecular weight is 155 g/mol. The molecule has 0 N–H and O–H groups in total. The molecule has 1 aliphatic rings. The molecule has 0 fully saturated rings. The van der Waals surface area contributed by atoms with Gasteiger partial charge >= 0.3 is 0 Å². The van der Waals surface area contributed by atoms with Crippen LogP contribution >= 0.6 is 11.8 Å². The van der Waals surface area contributed by atoms with Crippen LogP contribution in [0.1, 0.15) is 20.8 Å². The maximum Gasteiger partial charge on any atom is 0.0722 e. The predicted molar refractivity (Wildman–Crippen MR) is 47.5 cm³/mol. The normalized spacial score (nSPS) is 18.7. The van der Waals surface area contributed by atoms with Crippen LogP contribution in [0.25, 0.3) is 0 Å². The van der Waals surface area contributed by atoms with Crippen LogP contribution in [0.2, 0.25) is 0 Å². The summed E-state index contributed by atoms with van der Waals surface area (Å²) < 4.78 is 0. The van der Waals surface area contributed by atoms with Gasteiger partial charge in [0.05, 0.1) is 5.03 Å². The Kier molecular flexibility index (Phi) is 1.82. The first-order valence-electron chi connectivity index (χ1n) is 3.33. The smallest absolute Gasteiger partial charge is 0.0722 e. The van der Waals surface area contributed by atoms with Crippen LogP contribution < -0.4 is 0 Å². The van der Waals surface area contributed by atoms with Gasteiger partial charge in [-0.25, -0.2) is 0 Å². The Morgan fingerprint density at radius 2 is 2.10 bits per heavy atom. The average Bonchev–Trinajstić information content (AvgIpc) is 2.11. The first-order chi connectivity index (χ1) is 4.52. The van der Waals surface area contributed by atoms with E-state index >= 15 is 0 Å². The fourth-order valence-corrected chi connectivity index (χ4v) is 1.70. The van der Waals surface area contributed by atoms with Gasteiger partial charge in [0, 0.05) is 11.7 Å². The summed E-state index contributed by atoms with van der Waals surface area (Å²) in [5, 5.41) is 3.18. The molecule has 10 heavy (non-hydrogen) atoms. The first-order valence-corrected chi connectivity index (χ1v) is 4.21. The van der Waals surface area contributed by atoms with Gasteiger partial charge in [0.1, 0.15) is 0 Å². The van der Waals surface area contributed by atoms with Gasteiger partial charge in [0.25, 0.3) is 0 Å². The lowest BCUT2D eigenvalue weighted by molar-refractivity contribution is 0.278. The molecule has 0 unspecified atom stereocenters. The maximum absolute atomic E-state index is 3.93. The van der Waals surface area contributed by atoms with Gasteiger partial charge in [-0.1, -0.05) is 18.3 Å². The Morgan fingerprint density at radius 3 is 2.30 bits per heavy atom. The van der Waals surface area contributed by atoms with Crippen molar-refractivity contribution in [2.24, 2.45) is 0 Å². The van der Waals surface area contributed by atoms with Crippen molar-refractivity contribution in [1.29, 1.82) is 0 Å². The Hall–Kier alpha value is -0.370. The second-order valence-electron chi connectivity index (χ2n) is 3.34. The minimum Gasteiger partial charge on any atom is -0.337 e. The summed E-state index contributed by atoms with van der Waals surface area (Å²) in [5.74, 6) is 0. The molecule has 0 bridgehead atoms. The fraction of sp³-hybridized carbons (Fsp3) is 0.500. The Balaban J connectivity index is 2.73. The number of rotatable bonds is 0. The molecule has 0 spiro atoms. The highest BCUT2D eigenvalue weighted by atomic mass is 32.2. The van der Waals surface area contributed by atoms with Gasteiger partial charge in [0.15, 0.2) is 0 Å². The summed E-state index contributed by atoms with van der Waals surface area (Å²) >= 11 is 1.68. The molecular weight excluding hydrogens is 142 g/mol. The molecule has 0 saturated carbocycles. The van der Waals surface area contributed by atoms with Crippen LogP contribution in [0, 0.1) is 0 Å². The standard InChI is InChI=1S/C8H13NS/c1-7-9(5-6-10-7)8(2,3)4/h5-6H,1H2,2-4H3. The van der Waals surface area contributed by atoms with Gasteiger partial charge in [-0.3, -0.25) is 0 Å². The monoisotopic (exact) mass is 155 g/mol. The van der Waals surface area contributed by atoms with Crippen molar-refractivity contribution in [3.05, 3.63) is 23.2 Å². The summed E-state index contributed by atoms with van der Waals surface area (Å²) in [6, 6.07) is 0. The molecule has 1 nitrogen and oxygen atoms in total. The number of nitrogens with zero attached hydrogens (tertiary/aromatic N) is 1. The van der Waals surface area contributed by atoms with Gasteiger partial charge in [-0.2, -0.15) is 0 Å². The van der Waals surface area contributed by atoms with E-state index in [4.69, 9.17) is 0 Å². The lowest BCUT2D eigenvalue weighted by atomic mass is 10.1. The van der Waals surface area contributed by atoms with Gasteiger partial charge in [-0.15, -0.1) is 0 Å². The van der Waals surface area contributed by atoms with E-state index in [1.165, 1.54) is 0 Å². The topological polar surface area (TPSA) is 3.24 Å². The van der Waals surface area contributed by atoms with Crippen LogP contribution in [0.5, 0.6) is 0 Å². The van der Waals surface area contributed by atoms with E-state index in [0.717, 1.165) is 5.03 Å². The van der Waals surface area contributed by atoms with Crippen molar-refractivity contribution in [3.8, 4) is 0 Å². The van der Waals surface area contributed by atoms with Crippen molar-refractivity contribution in [2.75, 3.05) is 0 Å². The highest BCUT2D eigenvalue weighted by Gasteiger charge is 2.22. The highest BCUT2D eigenvalue weighted by Crippen LogP contribution is 2.33. The molecule has 0 radical (unpaired) electrons. The molecule has 2 heteroatoms. The van der Waals surface area contributed by atoms with Crippen LogP contribution in [-0.2, 0) is 0 Å². The number of hydrogen-bond donors (Lipinski definition) is 0. The number of thioether (sulfide) groups is 1. The maximum atomic E-state index is 3.93. The zero-order valence-electron chi connectivity index (χ0n) is 6.72. The van der Waals surface area contributed by atoms with E-state index < -0.39 is 0 Å². The summed E-state index contributed by atoms with van der Waals surface area (Å²) in [4.78, 5) is 2.18. The quantitative estimate of drug-likeness (QED) is 0.529. The van der Waals surface area contributed by atoms with E-state index in [1.807, 2.05) is 0 Å². The minimum absolute atomic E-state index is 0.178. The van der Waals surface area contributed by atoms with E-state index in [2.05, 4.69) is 43.9 Å². The minimum atomic E-state index is 0.178. The molecule has 1 heterocycles. The second-order valence-corrected chi connectivity index (χ2v) is 4.32. The Labute approximate surface area is 66.8 Å². The van der Waals surface area contributed by atoms with Crippen molar-refractivity contribution in [2.45, 2.75) is 26.3 Å². The molecule has 56 valence electrons. The molecule has 0 aromatic heterocycles. The second kappa shape index (κ2) is 2.35. The van der Waals surface area contributed by atoms with E-state index in [1.54, 1.807) is 11.8 Å². The lowest BCUT2D eigenvalue weighted by Gasteiger charge is -2.32. The summed E-state index contributed by atoms with van der Waals surface area (Å²) in [6.45, 7) is 10.5. The summed E-state index contributed by atoms with van der Waals surface area (Å²) in [6.07, 6.45) is 2.08. The third-order valence-corrected chi connectivity index (χ3v) is 2.13. The Bertz CT molecular complexity index is 176. The predicted octanol–water partition coefficient (Wildman–Crippen LogP) is 2.78. The molecular formula is C8H13NS. The molecule has 0 aliphatic carbocycles. The van der Waals surface area contributed by atoms with Crippen LogP contribution in [-0.4, -0.2) is 10.4 Å². The van der Waals surface area contributed by atoms with Gasteiger partial charge in [0.2, 0.25) is 0 Å². The fourth-order valence-electron chi connectivity index (χ4n) is 0.907. The van der Waals surface area contributed by atoms with Crippen LogP contribution in [0.4, 0.5) is 0 Å². The lowest BCUT2D eigenvalue weighted by Crippen LogP contribution is -2.33. The van der Waals surface area contributed by atoms with E-state index in [0.29, 0.717) is 0 Å². The van der Waals surface area contributed by atoms with Crippen molar-refractivity contribution < 1.29 is 0 Å². The molecule has 0 saturated heterocycles. The van der Waals surface area contributed by atoms with Crippen LogP contribution in [0.3, 0.4) is 0 Å². The zero-order chi connectivity index (χ0) is 7.78. The largest absolute Gasteiger partial charge is 0.337 e. The number of hydrogen-bond acceptors (Lipinski definition) is 2. The summed E-state index contributed by atoms with van der Waals surface area (Å²) in [7, 11) is 0. The third kappa shape index (κ3) is 1.37. The molecule has 1 rings (SSSR count). The SMILES string of the molecule is C=C1SC=CN1C(C)(C)C. The highest BCUT2D eigenvalue weighted by molar-refractivity contribution is 8.05. The molecule has 1 aliphatic heterocycles. The van der Waals surface area contributed by atoms with Gasteiger partial charge < -0.3 is 4.90 Å². The van der Waals surface area contributed by atoms with Gasteiger partial charge in [-0.05, 0) is 26.2 Å². The third-order valence-electron chi connectivity index (χ3n) is 1.41.